The summed E-state index contributed by atoms with van der Waals surface area (Å²) in [6.45, 7) is 5.60. The number of pyridine rings is 1. The molecule has 2 atom stereocenters. The van der Waals surface area contributed by atoms with Gasteiger partial charge in [0.05, 0.1) is 25.0 Å². The van der Waals surface area contributed by atoms with Gasteiger partial charge >= 0.3 is 0 Å². The Morgan fingerprint density at radius 1 is 1.14 bits per heavy atom. The zero-order valence-corrected chi connectivity index (χ0v) is 21.3. The minimum Gasteiger partial charge on any atom is -0.488 e. The lowest BCUT2D eigenvalue weighted by Crippen LogP contribution is -2.39. The molecular weight excluding hydrogens is 480 g/mol. The number of halogens is 2. The van der Waals surface area contributed by atoms with Crippen molar-refractivity contribution in [1.82, 2.24) is 19.9 Å². The van der Waals surface area contributed by atoms with Crippen LogP contribution in [0, 0.1) is 5.92 Å². The quantitative estimate of drug-likeness (QED) is 0.596. The van der Waals surface area contributed by atoms with Crippen LogP contribution >= 0.6 is 0 Å². The number of nitrogens with zero attached hydrogens (tertiary/aromatic N) is 5. The molecule has 0 N–H and O–H groups in total. The second-order valence-corrected chi connectivity index (χ2v) is 9.72. The van der Waals surface area contributed by atoms with E-state index in [1.807, 2.05) is 12.1 Å². The van der Waals surface area contributed by atoms with E-state index >= 15 is 0 Å². The topological polar surface area (TPSA) is 80.7 Å². The Morgan fingerprint density at radius 3 is 2.65 bits per heavy atom. The summed E-state index contributed by atoms with van der Waals surface area (Å²) in [5, 5.41) is 0. The van der Waals surface area contributed by atoms with Gasteiger partial charge in [0.2, 0.25) is 11.8 Å². The molecule has 37 heavy (non-hydrogen) atoms. The number of carbonyl (C=O) groups excluding carboxylic acids is 1. The highest BCUT2D eigenvalue weighted by Crippen LogP contribution is 2.35. The lowest BCUT2D eigenvalue weighted by molar-refractivity contribution is -0.129. The van der Waals surface area contributed by atoms with Crippen LogP contribution in [0.5, 0.6) is 5.88 Å². The Hall–Kier alpha value is -3.56. The Morgan fingerprint density at radius 2 is 1.92 bits per heavy atom. The van der Waals surface area contributed by atoms with E-state index < -0.39 is 17.9 Å². The summed E-state index contributed by atoms with van der Waals surface area (Å²) in [6, 6.07) is 3.69. The van der Waals surface area contributed by atoms with Crippen molar-refractivity contribution in [2.24, 2.45) is 5.92 Å². The molecule has 1 aliphatic carbocycles. The van der Waals surface area contributed by atoms with E-state index in [0.717, 1.165) is 28.8 Å². The predicted molar refractivity (Wildman–Crippen MR) is 134 cm³/mol. The highest BCUT2D eigenvalue weighted by Gasteiger charge is 2.30. The fourth-order valence-electron chi connectivity index (χ4n) is 4.92. The Labute approximate surface area is 215 Å². The molecule has 0 spiro atoms. The highest BCUT2D eigenvalue weighted by molar-refractivity contribution is 5.75. The van der Waals surface area contributed by atoms with Gasteiger partial charge in [0.15, 0.2) is 17.4 Å². The number of aromatic nitrogens is 3. The van der Waals surface area contributed by atoms with E-state index in [9.17, 15) is 13.6 Å². The second-order valence-electron chi connectivity index (χ2n) is 9.72. The van der Waals surface area contributed by atoms with Crippen molar-refractivity contribution in [2.75, 3.05) is 31.6 Å². The maximum absolute atomic E-state index is 14.3. The van der Waals surface area contributed by atoms with Crippen molar-refractivity contribution in [1.29, 1.82) is 0 Å². The van der Waals surface area contributed by atoms with Crippen molar-refractivity contribution in [3.8, 4) is 17.1 Å². The van der Waals surface area contributed by atoms with Gasteiger partial charge in [0.1, 0.15) is 18.0 Å². The smallest absolute Gasteiger partial charge is 0.219 e. The first-order valence-corrected chi connectivity index (χ1v) is 12.6. The number of methoxy groups -OCH3 is 1. The minimum atomic E-state index is -1.33. The van der Waals surface area contributed by atoms with Gasteiger partial charge in [0.25, 0.3) is 0 Å². The molecule has 4 heterocycles. The van der Waals surface area contributed by atoms with Crippen molar-refractivity contribution in [3.63, 3.8) is 0 Å². The average Bonchev–Trinajstić information content (AvgIpc) is 2.91. The third-order valence-electron chi connectivity index (χ3n) is 7.15. The number of fused-ring (bicyclic) bond motifs is 1. The predicted octanol–water partition coefficient (Wildman–Crippen LogP) is 4.16. The van der Waals surface area contributed by atoms with Gasteiger partial charge in [-0.05, 0) is 18.2 Å². The second kappa shape index (κ2) is 10.4. The van der Waals surface area contributed by atoms with Gasteiger partial charge in [-0.2, -0.15) is 0 Å². The Bertz CT molecular complexity index is 1240. The summed E-state index contributed by atoms with van der Waals surface area (Å²) in [7, 11) is 1.56. The van der Waals surface area contributed by atoms with Crippen LogP contribution < -0.4 is 9.64 Å². The number of amides is 1. The van der Waals surface area contributed by atoms with E-state index in [2.05, 4.69) is 9.88 Å². The average molecular weight is 512 g/mol. The van der Waals surface area contributed by atoms with Gasteiger partial charge in [-0.25, -0.2) is 23.7 Å². The molecule has 0 saturated carbocycles. The monoisotopic (exact) mass is 511 g/mol. The standard InChI is InChI=1S/C27H31F2N5O3/c1-16-12-24(21(29)14-20(16)28)37-19-5-9-33(10-6-19)27-26(18-4-8-30-25(13-18)36-3)31-23-15-34(17(2)35)11-7-22(23)32-27/h4,8,12-14,16,19-20H,5-7,9-11,15H2,1-3H3/t16?,20-/m0/s1. The fourth-order valence-corrected chi connectivity index (χ4v) is 4.92. The van der Waals surface area contributed by atoms with E-state index in [1.165, 1.54) is 6.08 Å². The number of ether oxygens (including phenoxy) is 2. The number of hydrogen-bond acceptors (Lipinski definition) is 7. The van der Waals surface area contributed by atoms with Crippen LogP contribution in [0.2, 0.25) is 0 Å². The summed E-state index contributed by atoms with van der Waals surface area (Å²) in [6.07, 6.45) is 4.64. The molecule has 1 saturated heterocycles. The fraction of sp³-hybridized carbons (Fsp3) is 0.481. The molecule has 2 aromatic rings. The molecule has 0 aromatic carbocycles. The van der Waals surface area contributed by atoms with E-state index in [0.29, 0.717) is 57.0 Å². The number of allylic oxidation sites excluding steroid dienone is 3. The highest BCUT2D eigenvalue weighted by atomic mass is 19.1. The van der Waals surface area contributed by atoms with Crippen molar-refractivity contribution >= 4 is 11.7 Å². The molecule has 0 radical (unpaired) electrons. The molecule has 10 heteroatoms. The van der Waals surface area contributed by atoms with Gasteiger partial charge < -0.3 is 19.3 Å². The summed E-state index contributed by atoms with van der Waals surface area (Å²) in [5.74, 6) is 0.329. The van der Waals surface area contributed by atoms with Crippen molar-refractivity contribution in [2.45, 2.75) is 51.9 Å². The largest absolute Gasteiger partial charge is 0.488 e. The Balaban J connectivity index is 1.39. The molecule has 0 bridgehead atoms. The maximum atomic E-state index is 14.3. The lowest BCUT2D eigenvalue weighted by atomic mass is 9.99. The first kappa shape index (κ1) is 25.1. The van der Waals surface area contributed by atoms with Crippen molar-refractivity contribution in [3.05, 3.63) is 53.5 Å². The number of carbonyl (C=O) groups is 1. The number of rotatable bonds is 5. The van der Waals surface area contributed by atoms with Gasteiger partial charge in [-0.15, -0.1) is 0 Å². The third-order valence-corrected chi connectivity index (χ3v) is 7.15. The van der Waals surface area contributed by atoms with Crippen LogP contribution in [0.1, 0.15) is 38.1 Å². The number of alkyl halides is 1. The molecule has 2 aromatic heterocycles. The van der Waals surface area contributed by atoms with Crippen LogP contribution in [0.25, 0.3) is 11.3 Å². The molecule has 196 valence electrons. The first-order chi connectivity index (χ1) is 17.8. The molecule has 1 unspecified atom stereocenters. The summed E-state index contributed by atoms with van der Waals surface area (Å²) in [5.41, 5.74) is 3.21. The van der Waals surface area contributed by atoms with E-state index in [4.69, 9.17) is 19.4 Å². The van der Waals surface area contributed by atoms with Crippen LogP contribution in [-0.4, -0.2) is 64.8 Å². The van der Waals surface area contributed by atoms with Crippen LogP contribution in [0.3, 0.4) is 0 Å². The zero-order chi connectivity index (χ0) is 26.1. The maximum Gasteiger partial charge on any atom is 0.219 e. The summed E-state index contributed by atoms with van der Waals surface area (Å²) >= 11 is 0. The van der Waals surface area contributed by atoms with Crippen LogP contribution in [0.4, 0.5) is 14.6 Å². The molecule has 3 aliphatic rings. The minimum absolute atomic E-state index is 0.0153. The molecule has 2 aliphatic heterocycles. The normalized spacial score (nSPS) is 22.2. The molecule has 1 fully saturated rings. The van der Waals surface area contributed by atoms with Crippen molar-refractivity contribution < 1.29 is 23.0 Å². The van der Waals surface area contributed by atoms with Gasteiger partial charge in [-0.3, -0.25) is 4.79 Å². The Kier molecular flexibility index (Phi) is 7.08. The molecule has 1 amide bonds. The summed E-state index contributed by atoms with van der Waals surface area (Å²) in [4.78, 5) is 30.2. The zero-order valence-electron chi connectivity index (χ0n) is 21.3. The van der Waals surface area contributed by atoms with Gasteiger partial charge in [0, 0.05) is 69.6 Å². The molecule has 8 nitrogen and oxygen atoms in total. The molecule has 5 rings (SSSR count). The SMILES string of the molecule is COc1cc(-c2nc3c(nc2N2CCC(OC4=CC(C)[C@@H](F)C=C4F)CC2)CCN(C(C)=O)C3)ccn1. The lowest BCUT2D eigenvalue weighted by Gasteiger charge is -2.35. The summed E-state index contributed by atoms with van der Waals surface area (Å²) < 4.78 is 39.3. The number of anilines is 1. The van der Waals surface area contributed by atoms with Crippen LogP contribution in [0.15, 0.2) is 42.1 Å². The molecular formula is C27H31F2N5O3. The third kappa shape index (κ3) is 5.28. The van der Waals surface area contributed by atoms with Crippen LogP contribution in [-0.2, 0) is 22.5 Å². The number of hydrogen-bond donors (Lipinski definition) is 0. The first-order valence-electron chi connectivity index (χ1n) is 12.6. The van der Waals surface area contributed by atoms with Gasteiger partial charge in [-0.1, -0.05) is 6.92 Å². The van der Waals surface area contributed by atoms with E-state index in [1.54, 1.807) is 32.1 Å². The number of piperidine rings is 1. The van der Waals surface area contributed by atoms with E-state index in [-0.39, 0.29) is 17.8 Å².